The van der Waals surface area contributed by atoms with Crippen LogP contribution in [0.5, 0.6) is 0 Å². The van der Waals surface area contributed by atoms with E-state index in [4.69, 9.17) is 0 Å². The highest BCUT2D eigenvalue weighted by Crippen LogP contribution is 2.64. The van der Waals surface area contributed by atoms with E-state index >= 15 is 0 Å². The van der Waals surface area contributed by atoms with Crippen molar-refractivity contribution in [3.8, 4) is 77.9 Å². The Morgan fingerprint density at radius 3 is 1.39 bits per heavy atom. The van der Waals surface area contributed by atoms with E-state index in [1.54, 1.807) is 0 Å². The number of anilines is 3. The highest BCUT2D eigenvalue weighted by molar-refractivity contribution is 6.01. The molecule has 1 atom stereocenters. The lowest BCUT2D eigenvalue weighted by atomic mass is 9.70. The van der Waals surface area contributed by atoms with Crippen molar-refractivity contribution < 1.29 is 0 Å². The molecule has 3 aliphatic rings. The Morgan fingerprint density at radius 1 is 0.254 bits per heavy atom. The van der Waals surface area contributed by atoms with Crippen LogP contribution < -0.4 is 4.90 Å². The molecule has 71 heavy (non-hydrogen) atoms. The molecule has 0 saturated heterocycles. The van der Waals surface area contributed by atoms with E-state index in [0.717, 1.165) is 17.1 Å². The summed E-state index contributed by atoms with van der Waals surface area (Å²) in [5.41, 5.74) is 28.3. The zero-order valence-corrected chi connectivity index (χ0v) is 39.8. The smallest absolute Gasteiger partial charge is 0.0725 e. The molecule has 1 unspecified atom stereocenters. The molecule has 1 spiro atoms. The fourth-order valence-corrected chi connectivity index (χ4v) is 12.7. The summed E-state index contributed by atoms with van der Waals surface area (Å²) >= 11 is 0. The van der Waals surface area contributed by atoms with Gasteiger partial charge in [0.05, 0.1) is 11.1 Å². The van der Waals surface area contributed by atoms with E-state index in [1.807, 2.05) is 0 Å². The van der Waals surface area contributed by atoms with Crippen molar-refractivity contribution in [2.24, 2.45) is 0 Å². The highest BCUT2D eigenvalue weighted by atomic mass is 15.1. The van der Waals surface area contributed by atoms with Gasteiger partial charge in [-0.05, 0) is 148 Å². The van der Waals surface area contributed by atoms with Crippen LogP contribution in [-0.2, 0) is 10.8 Å². The first kappa shape index (κ1) is 41.2. The Bertz CT molecular complexity index is 3880. The van der Waals surface area contributed by atoms with Gasteiger partial charge in [-0.25, -0.2) is 0 Å². The standard InChI is InChI=1S/C70H49N/c1-69(2)61-29-15-12-25-55(61)57-41-39-53(45-65(57)69)71(67-42-36-50(46-19-6-3-7-20-46)43-60(67)48-23-10-5-11-24-48)52-37-33-49(34-38-52)54-28-18-32-64-68(54)59-27-14-17-31-63(59)70(64)62-30-16-13-26-56(62)58-40-35-51(44-66(58)70)47-21-8-4-9-22-47/h3-45H,1-2H3. The second kappa shape index (κ2) is 15.9. The Balaban J connectivity index is 0.952. The van der Waals surface area contributed by atoms with E-state index in [1.165, 1.54) is 111 Å². The van der Waals surface area contributed by atoms with Gasteiger partial charge in [0.2, 0.25) is 0 Å². The van der Waals surface area contributed by atoms with Gasteiger partial charge in [0, 0.05) is 22.4 Å². The van der Waals surface area contributed by atoms with Gasteiger partial charge < -0.3 is 4.90 Å². The maximum absolute atomic E-state index is 2.48. The van der Waals surface area contributed by atoms with E-state index in [9.17, 15) is 0 Å². The van der Waals surface area contributed by atoms with Crippen molar-refractivity contribution in [3.05, 3.63) is 294 Å². The third-order valence-electron chi connectivity index (χ3n) is 15.9. The second-order valence-corrected chi connectivity index (χ2v) is 19.9. The van der Waals surface area contributed by atoms with E-state index < -0.39 is 5.41 Å². The van der Waals surface area contributed by atoms with Crippen LogP contribution in [0.1, 0.15) is 47.2 Å². The molecular weight excluding hydrogens is 855 g/mol. The summed E-state index contributed by atoms with van der Waals surface area (Å²) < 4.78 is 0. The lowest BCUT2D eigenvalue weighted by molar-refractivity contribution is 0.660. The molecule has 0 aromatic heterocycles. The quantitative estimate of drug-likeness (QED) is 0.154. The molecule has 0 heterocycles. The van der Waals surface area contributed by atoms with Gasteiger partial charge in [0.1, 0.15) is 0 Å². The van der Waals surface area contributed by atoms with Crippen molar-refractivity contribution in [1.29, 1.82) is 0 Å². The van der Waals surface area contributed by atoms with Gasteiger partial charge in [-0.1, -0.05) is 232 Å². The van der Waals surface area contributed by atoms with Gasteiger partial charge in [-0.15, -0.1) is 0 Å². The van der Waals surface area contributed by atoms with Gasteiger partial charge in [0.25, 0.3) is 0 Å². The molecule has 14 rings (SSSR count). The van der Waals surface area contributed by atoms with E-state index in [2.05, 4.69) is 280 Å². The monoisotopic (exact) mass is 903 g/mol. The zero-order valence-electron chi connectivity index (χ0n) is 39.8. The molecule has 0 radical (unpaired) electrons. The first-order chi connectivity index (χ1) is 35.0. The number of rotatable bonds is 7. The minimum Gasteiger partial charge on any atom is -0.310 e. The van der Waals surface area contributed by atoms with Crippen LogP contribution in [0.4, 0.5) is 17.1 Å². The third-order valence-corrected chi connectivity index (χ3v) is 15.9. The highest BCUT2D eigenvalue weighted by Gasteiger charge is 2.52. The summed E-state index contributed by atoms with van der Waals surface area (Å²) in [5.74, 6) is 0. The average molecular weight is 904 g/mol. The predicted molar refractivity (Wildman–Crippen MR) is 297 cm³/mol. The van der Waals surface area contributed by atoms with Crippen molar-refractivity contribution >= 4 is 17.1 Å². The summed E-state index contributed by atoms with van der Waals surface area (Å²) in [4.78, 5) is 2.48. The molecule has 0 bridgehead atoms. The largest absolute Gasteiger partial charge is 0.310 e. The number of fused-ring (bicyclic) bond motifs is 13. The third kappa shape index (κ3) is 6.13. The minimum absolute atomic E-state index is 0.151. The summed E-state index contributed by atoms with van der Waals surface area (Å²) in [5, 5.41) is 0. The van der Waals surface area contributed by atoms with Crippen LogP contribution in [0.3, 0.4) is 0 Å². The summed E-state index contributed by atoms with van der Waals surface area (Å²) in [6, 6.07) is 97.3. The maximum Gasteiger partial charge on any atom is 0.0725 e. The molecule has 0 amide bonds. The van der Waals surface area contributed by atoms with Gasteiger partial charge in [-0.3, -0.25) is 0 Å². The van der Waals surface area contributed by atoms with Gasteiger partial charge >= 0.3 is 0 Å². The van der Waals surface area contributed by atoms with Crippen LogP contribution in [-0.4, -0.2) is 0 Å². The Morgan fingerprint density at radius 2 is 0.704 bits per heavy atom. The Labute approximate surface area is 416 Å². The normalized spacial score (nSPS) is 15.1. The fourth-order valence-electron chi connectivity index (χ4n) is 12.7. The first-order valence-electron chi connectivity index (χ1n) is 24.9. The molecular formula is C70H49N. The Hall–Kier alpha value is -8.78. The van der Waals surface area contributed by atoms with Crippen molar-refractivity contribution in [2.75, 3.05) is 4.90 Å². The topological polar surface area (TPSA) is 3.24 Å². The molecule has 0 aliphatic heterocycles. The number of hydrogen-bond acceptors (Lipinski definition) is 1. The van der Waals surface area contributed by atoms with Crippen LogP contribution in [0.2, 0.25) is 0 Å². The first-order valence-corrected chi connectivity index (χ1v) is 24.9. The predicted octanol–water partition coefficient (Wildman–Crippen LogP) is 18.5. The molecule has 3 aliphatic carbocycles. The van der Waals surface area contributed by atoms with Crippen LogP contribution in [0, 0.1) is 0 Å². The summed E-state index contributed by atoms with van der Waals surface area (Å²) in [6.45, 7) is 4.74. The molecule has 1 heteroatoms. The van der Waals surface area contributed by atoms with Crippen molar-refractivity contribution in [2.45, 2.75) is 24.7 Å². The van der Waals surface area contributed by atoms with E-state index in [0.29, 0.717) is 0 Å². The minimum atomic E-state index is -0.462. The van der Waals surface area contributed by atoms with Gasteiger partial charge in [0.15, 0.2) is 0 Å². The van der Waals surface area contributed by atoms with Crippen LogP contribution in [0.25, 0.3) is 77.9 Å². The summed E-state index contributed by atoms with van der Waals surface area (Å²) in [7, 11) is 0. The number of benzene rings is 11. The maximum atomic E-state index is 2.48. The van der Waals surface area contributed by atoms with Crippen molar-refractivity contribution in [1.82, 2.24) is 0 Å². The van der Waals surface area contributed by atoms with Crippen LogP contribution >= 0.6 is 0 Å². The molecule has 0 N–H and O–H groups in total. The fraction of sp³-hybridized carbons (Fsp3) is 0.0571. The molecule has 11 aromatic rings. The molecule has 1 nitrogen and oxygen atoms in total. The number of nitrogens with zero attached hydrogens (tertiary/aromatic N) is 1. The Kier molecular flexibility index (Phi) is 9.22. The lowest BCUT2D eigenvalue weighted by Crippen LogP contribution is -2.25. The molecule has 0 fully saturated rings. The SMILES string of the molecule is CC1(C)c2ccccc2-c2ccc(N(c3ccc(-c4cccc5c4-c4ccccc4C54c5ccccc5-c5ccc(-c6ccccc6)cc54)cc3)c3ccc(-c4ccccc4)cc3-c3ccccc3)cc21. The van der Waals surface area contributed by atoms with Crippen LogP contribution in [0.15, 0.2) is 261 Å². The van der Waals surface area contributed by atoms with E-state index in [-0.39, 0.29) is 5.41 Å². The lowest BCUT2D eigenvalue weighted by Gasteiger charge is -2.31. The van der Waals surface area contributed by atoms with Crippen molar-refractivity contribution in [3.63, 3.8) is 0 Å². The average Bonchev–Trinajstić information content (AvgIpc) is 4.00. The second-order valence-electron chi connectivity index (χ2n) is 19.9. The summed E-state index contributed by atoms with van der Waals surface area (Å²) in [6.07, 6.45) is 0. The molecule has 334 valence electrons. The zero-order chi connectivity index (χ0) is 47.3. The molecule has 11 aromatic carbocycles. The van der Waals surface area contributed by atoms with Gasteiger partial charge in [-0.2, -0.15) is 0 Å². The number of hydrogen-bond donors (Lipinski definition) is 0. The molecule has 0 saturated carbocycles.